The fourth-order valence-electron chi connectivity index (χ4n) is 0.139. The topological polar surface area (TPSA) is 250 Å². The molecule has 0 spiro atoms. The minimum atomic E-state index is -5.05. The van der Waals surface area contributed by atoms with Crippen molar-refractivity contribution in [1.82, 2.24) is 0 Å². The van der Waals surface area contributed by atoms with Crippen LogP contribution in [0.3, 0.4) is 0 Å². The molecule has 0 bridgehead atoms. The van der Waals surface area contributed by atoms with E-state index in [4.69, 9.17) is 19.6 Å². The Labute approximate surface area is 102 Å². The Kier molecular flexibility index (Phi) is 31.5. The summed E-state index contributed by atoms with van der Waals surface area (Å²) in [5, 5.41) is 0. The molecule has 0 radical (unpaired) electrons. The van der Waals surface area contributed by atoms with Gasteiger partial charge in [0.15, 0.2) is 0 Å². The Bertz CT molecular complexity index is 159. The van der Waals surface area contributed by atoms with Gasteiger partial charge in [0, 0.05) is 0 Å². The molecule has 0 fully saturated rings. The normalized spacial score (nSPS) is 8.86. The second-order valence-corrected chi connectivity index (χ2v) is 3.68. The predicted octanol–water partition coefficient (Wildman–Crippen LogP) is -6.99. The Hall–Kier alpha value is 1.10. The second-order valence-electron chi connectivity index (χ2n) is 1.06. The van der Waals surface area contributed by atoms with Crippen LogP contribution >= 0.6 is 15.6 Å². The molecule has 0 heterocycles. The van der Waals surface area contributed by atoms with Crippen molar-refractivity contribution in [3.05, 3.63) is 0 Å². The Morgan fingerprint density at radius 3 is 0.929 bits per heavy atom. The van der Waals surface area contributed by atoms with Gasteiger partial charge in [-0.1, -0.05) is 0 Å². The molecule has 12 N–H and O–H groups in total. The average Bonchev–Trinajstić information content (AvgIpc) is 1.14. The van der Waals surface area contributed by atoms with Gasteiger partial charge in [-0.15, -0.1) is 0 Å². The van der Waals surface area contributed by atoms with E-state index in [1.807, 2.05) is 0 Å². The molecule has 0 amide bonds. The first-order chi connectivity index (χ1) is 3.71. The first kappa shape index (κ1) is 36.3. The minimum absolute atomic E-state index is 0. The number of rotatable bonds is 2. The summed E-state index contributed by atoms with van der Waals surface area (Å²) >= 11 is 0. The van der Waals surface area contributed by atoms with Crippen molar-refractivity contribution >= 4 is 15.6 Å². The third kappa shape index (κ3) is 38.0. The molecule has 0 aliphatic carbocycles. The Balaban J connectivity index is -0.0000000213. The standard InChI is InChI=1S/Na.H4O7P2.4H2O.H/c;1-8(2,3)7-9(4,5)6;;;;;/h;(H2,1,2,3)(H2,4,5,6);4*1H2;/q+1;;;;;;-1. The molecule has 90 valence electrons. The molecule has 0 aliphatic heterocycles. The number of phosphoric acid groups is 2. The summed E-state index contributed by atoms with van der Waals surface area (Å²) in [5.74, 6) is 0. The van der Waals surface area contributed by atoms with Crippen molar-refractivity contribution in [2.75, 3.05) is 0 Å². The van der Waals surface area contributed by atoms with Crippen LogP contribution in [0.2, 0.25) is 0 Å². The van der Waals surface area contributed by atoms with Gasteiger partial charge in [0.05, 0.1) is 0 Å². The Morgan fingerprint density at radius 1 is 0.786 bits per heavy atom. The van der Waals surface area contributed by atoms with Crippen LogP contribution in [0.4, 0.5) is 0 Å². The number of hydrogen-bond donors (Lipinski definition) is 4. The first-order valence-corrected chi connectivity index (χ1v) is 4.59. The third-order valence-corrected chi connectivity index (χ3v) is 1.91. The van der Waals surface area contributed by atoms with Gasteiger partial charge in [-0.05, 0) is 0 Å². The van der Waals surface area contributed by atoms with Gasteiger partial charge in [-0.2, -0.15) is 4.31 Å². The minimum Gasteiger partial charge on any atom is -1.00 e. The maximum absolute atomic E-state index is 9.63. The monoisotopic (exact) mass is 274 g/mol. The molecule has 0 unspecified atom stereocenters. The summed E-state index contributed by atoms with van der Waals surface area (Å²) in [4.78, 5) is 31.0. The smallest absolute Gasteiger partial charge is 1.00 e. The molecule has 11 nitrogen and oxygen atoms in total. The van der Waals surface area contributed by atoms with Crippen molar-refractivity contribution in [3.8, 4) is 0 Å². The molecule has 0 aromatic carbocycles. The summed E-state index contributed by atoms with van der Waals surface area (Å²) in [6, 6.07) is 0. The molecule has 0 rings (SSSR count). The summed E-state index contributed by atoms with van der Waals surface area (Å²) in [5.41, 5.74) is 0. The molecule has 0 aromatic heterocycles. The van der Waals surface area contributed by atoms with Crippen LogP contribution in [-0.2, 0) is 13.4 Å². The first-order valence-electron chi connectivity index (χ1n) is 1.53. The summed E-state index contributed by atoms with van der Waals surface area (Å²) in [6.07, 6.45) is 0. The fourth-order valence-corrected chi connectivity index (χ4v) is 1.25. The third-order valence-electron chi connectivity index (χ3n) is 0.213. The molecule has 0 aliphatic rings. The zero-order valence-electron chi connectivity index (χ0n) is 7.91. The second kappa shape index (κ2) is 12.2. The van der Waals surface area contributed by atoms with Crippen LogP contribution < -0.4 is 29.6 Å². The number of hydrogen-bond acceptors (Lipinski definition) is 3. The molecule has 0 saturated heterocycles. The van der Waals surface area contributed by atoms with E-state index in [1.165, 1.54) is 0 Å². The van der Waals surface area contributed by atoms with E-state index in [1.54, 1.807) is 0 Å². The maximum Gasteiger partial charge on any atom is 1.00 e. The van der Waals surface area contributed by atoms with Gasteiger partial charge in [-0.3, -0.25) is 0 Å². The van der Waals surface area contributed by atoms with Crippen molar-refractivity contribution in [3.63, 3.8) is 0 Å². The zero-order chi connectivity index (χ0) is 7.71. The van der Waals surface area contributed by atoms with Crippen molar-refractivity contribution in [1.29, 1.82) is 0 Å². The average molecular weight is 274 g/mol. The van der Waals surface area contributed by atoms with Crippen LogP contribution in [0, 0.1) is 0 Å². The van der Waals surface area contributed by atoms with Crippen molar-refractivity contribution in [2.24, 2.45) is 0 Å². The molecular formula is H13NaO11P2. The van der Waals surface area contributed by atoms with E-state index < -0.39 is 15.6 Å². The summed E-state index contributed by atoms with van der Waals surface area (Å²) in [6.45, 7) is 0. The van der Waals surface area contributed by atoms with E-state index in [0.717, 1.165) is 0 Å². The largest absolute Gasteiger partial charge is 1.00 e. The fraction of sp³-hybridized carbons (Fsp3) is 0. The summed E-state index contributed by atoms with van der Waals surface area (Å²) < 4.78 is 22.2. The summed E-state index contributed by atoms with van der Waals surface area (Å²) in [7, 11) is -10.1. The van der Waals surface area contributed by atoms with E-state index in [-0.39, 0.29) is 52.9 Å². The molecule has 14 heavy (non-hydrogen) atoms. The SMILES string of the molecule is O.O.O.O.O=P(O)(O)OP(=O)(O)O.[H-].[Na+]. The zero-order valence-corrected chi connectivity index (χ0v) is 10.7. The molecule has 0 aromatic rings. The van der Waals surface area contributed by atoms with Crippen LogP contribution in [0.5, 0.6) is 0 Å². The van der Waals surface area contributed by atoms with Gasteiger partial charge in [-0.25, -0.2) is 9.13 Å². The van der Waals surface area contributed by atoms with E-state index in [0.29, 0.717) is 0 Å². The van der Waals surface area contributed by atoms with Crippen LogP contribution in [0.1, 0.15) is 1.43 Å². The quantitative estimate of drug-likeness (QED) is 0.279. The molecular weight excluding hydrogens is 261 g/mol. The van der Waals surface area contributed by atoms with Gasteiger partial charge in [0.1, 0.15) is 0 Å². The van der Waals surface area contributed by atoms with Gasteiger partial charge in [0.2, 0.25) is 0 Å². The van der Waals surface area contributed by atoms with Crippen LogP contribution in [0.15, 0.2) is 0 Å². The van der Waals surface area contributed by atoms with Gasteiger partial charge >= 0.3 is 45.2 Å². The molecule has 0 saturated carbocycles. The van der Waals surface area contributed by atoms with E-state index >= 15 is 0 Å². The van der Waals surface area contributed by atoms with Gasteiger partial charge in [0.25, 0.3) is 0 Å². The van der Waals surface area contributed by atoms with E-state index in [9.17, 15) is 9.13 Å². The molecule has 0 atom stereocenters. The van der Waals surface area contributed by atoms with E-state index in [2.05, 4.69) is 4.31 Å². The predicted molar refractivity (Wildman–Crippen MR) is 40.7 cm³/mol. The Morgan fingerprint density at radius 2 is 0.929 bits per heavy atom. The van der Waals surface area contributed by atoms with Crippen molar-refractivity contribution < 1.29 is 85.9 Å². The maximum atomic E-state index is 9.63. The molecule has 14 heteroatoms. The van der Waals surface area contributed by atoms with Crippen LogP contribution in [0.25, 0.3) is 0 Å². The van der Waals surface area contributed by atoms with Crippen LogP contribution in [-0.4, -0.2) is 41.5 Å². The van der Waals surface area contributed by atoms with Crippen molar-refractivity contribution in [2.45, 2.75) is 0 Å². The van der Waals surface area contributed by atoms with Gasteiger partial charge < -0.3 is 42.9 Å².